The van der Waals surface area contributed by atoms with E-state index in [9.17, 15) is 13.2 Å². The highest BCUT2D eigenvalue weighted by atomic mass is 32.2. The minimum absolute atomic E-state index is 0.00214. The van der Waals surface area contributed by atoms with E-state index in [0.29, 0.717) is 5.56 Å². The summed E-state index contributed by atoms with van der Waals surface area (Å²) in [4.78, 5) is 13.8. The van der Waals surface area contributed by atoms with Crippen LogP contribution in [0.25, 0.3) is 0 Å². The van der Waals surface area contributed by atoms with Crippen LogP contribution in [-0.4, -0.2) is 38.9 Å². The topological polar surface area (TPSA) is 92.5 Å². The molecule has 2 rings (SSSR count). The molecule has 0 radical (unpaired) electrons. The number of hydrogen-bond acceptors (Lipinski definition) is 4. The third-order valence-electron chi connectivity index (χ3n) is 3.57. The molecule has 21 heavy (non-hydrogen) atoms. The summed E-state index contributed by atoms with van der Waals surface area (Å²) < 4.78 is 26.9. The van der Waals surface area contributed by atoms with Crippen LogP contribution < -0.4 is 10.5 Å². The van der Waals surface area contributed by atoms with Crippen LogP contribution in [0.3, 0.4) is 0 Å². The number of nitrogens with two attached hydrogens (primary N) is 1. The Balaban J connectivity index is 1.93. The van der Waals surface area contributed by atoms with Crippen molar-refractivity contribution >= 4 is 15.9 Å². The predicted octanol–water partition coefficient (Wildman–Crippen LogP) is 0.436. The van der Waals surface area contributed by atoms with Crippen LogP contribution in [0.5, 0.6) is 0 Å². The highest BCUT2D eigenvalue weighted by molar-refractivity contribution is 7.89. The lowest BCUT2D eigenvalue weighted by molar-refractivity contribution is -0.129. The van der Waals surface area contributed by atoms with Gasteiger partial charge in [0.15, 0.2) is 0 Å². The van der Waals surface area contributed by atoms with Crippen molar-refractivity contribution in [3.8, 4) is 0 Å². The number of amides is 1. The van der Waals surface area contributed by atoms with Gasteiger partial charge >= 0.3 is 0 Å². The van der Waals surface area contributed by atoms with Crippen LogP contribution in [0.1, 0.15) is 24.8 Å². The van der Waals surface area contributed by atoms with E-state index in [1.165, 1.54) is 6.07 Å². The largest absolute Gasteiger partial charge is 0.343 e. The molecule has 1 fully saturated rings. The molecule has 1 aromatic rings. The molecule has 7 heteroatoms. The van der Waals surface area contributed by atoms with Gasteiger partial charge < -0.3 is 10.6 Å². The number of likely N-dealkylation sites (tertiary alicyclic amines) is 1. The first-order valence-electron chi connectivity index (χ1n) is 7.10. The molecule has 0 aliphatic carbocycles. The summed E-state index contributed by atoms with van der Waals surface area (Å²) in [7, 11) is -3.62. The third-order valence-corrected chi connectivity index (χ3v) is 5.13. The Morgan fingerprint density at radius 3 is 2.57 bits per heavy atom. The monoisotopic (exact) mass is 311 g/mol. The van der Waals surface area contributed by atoms with Crippen molar-refractivity contribution < 1.29 is 13.2 Å². The predicted molar refractivity (Wildman–Crippen MR) is 80.0 cm³/mol. The zero-order chi connectivity index (χ0) is 15.3. The van der Waals surface area contributed by atoms with Gasteiger partial charge in [-0.1, -0.05) is 18.2 Å². The summed E-state index contributed by atoms with van der Waals surface area (Å²) in [6, 6.07) is 6.61. The van der Waals surface area contributed by atoms with Gasteiger partial charge in [0.1, 0.15) is 0 Å². The van der Waals surface area contributed by atoms with Gasteiger partial charge in [-0.2, -0.15) is 0 Å². The van der Waals surface area contributed by atoms with Gasteiger partial charge in [-0.3, -0.25) is 4.79 Å². The van der Waals surface area contributed by atoms with E-state index in [1.807, 2.05) is 0 Å². The van der Waals surface area contributed by atoms with E-state index in [2.05, 4.69) is 4.72 Å². The number of rotatable bonds is 6. The quantitative estimate of drug-likeness (QED) is 0.797. The zero-order valence-corrected chi connectivity index (χ0v) is 12.7. The zero-order valence-electron chi connectivity index (χ0n) is 11.9. The van der Waals surface area contributed by atoms with Crippen molar-refractivity contribution in [1.82, 2.24) is 9.62 Å². The second-order valence-corrected chi connectivity index (χ2v) is 6.78. The molecule has 0 unspecified atom stereocenters. The average molecular weight is 311 g/mol. The molecule has 116 valence electrons. The summed E-state index contributed by atoms with van der Waals surface area (Å²) in [5.41, 5.74) is 6.12. The Labute approximate surface area is 125 Å². The van der Waals surface area contributed by atoms with E-state index >= 15 is 0 Å². The molecule has 6 nitrogen and oxygen atoms in total. The molecule has 3 N–H and O–H groups in total. The minimum Gasteiger partial charge on any atom is -0.343 e. The first kappa shape index (κ1) is 15.9. The molecule has 0 atom stereocenters. The maximum absolute atomic E-state index is 12.2. The molecule has 1 heterocycles. The van der Waals surface area contributed by atoms with Gasteiger partial charge in [0.2, 0.25) is 15.9 Å². The Bertz CT molecular complexity index is 595. The van der Waals surface area contributed by atoms with Crippen LogP contribution in [0.4, 0.5) is 0 Å². The van der Waals surface area contributed by atoms with Crippen molar-refractivity contribution in [2.45, 2.75) is 30.7 Å². The third kappa shape index (κ3) is 4.03. The SMILES string of the molecule is NCc1ccccc1S(=O)(=O)NCCC(=O)N1CCCC1. The normalized spacial score (nSPS) is 15.4. The number of carbonyl (C=O) groups excluding carboxylic acids is 1. The summed E-state index contributed by atoms with van der Waals surface area (Å²) in [5.74, 6) is 0.00214. The van der Waals surface area contributed by atoms with Crippen LogP contribution >= 0.6 is 0 Å². The highest BCUT2D eigenvalue weighted by Gasteiger charge is 2.20. The standard InChI is InChI=1S/C14H21N3O3S/c15-11-12-5-1-2-6-13(12)21(19,20)16-8-7-14(18)17-9-3-4-10-17/h1-2,5-6,16H,3-4,7-11,15H2. The fourth-order valence-electron chi connectivity index (χ4n) is 2.43. The smallest absolute Gasteiger partial charge is 0.240 e. The Morgan fingerprint density at radius 1 is 1.24 bits per heavy atom. The van der Waals surface area contributed by atoms with Crippen LogP contribution in [0.2, 0.25) is 0 Å². The van der Waals surface area contributed by atoms with Gasteiger partial charge in [-0.05, 0) is 24.5 Å². The number of sulfonamides is 1. The lowest BCUT2D eigenvalue weighted by Gasteiger charge is -2.15. The molecule has 1 amide bonds. The number of nitrogens with one attached hydrogen (secondary N) is 1. The van der Waals surface area contributed by atoms with Crippen LogP contribution in [0.15, 0.2) is 29.2 Å². The summed E-state index contributed by atoms with van der Waals surface area (Å²) in [5, 5.41) is 0. The summed E-state index contributed by atoms with van der Waals surface area (Å²) >= 11 is 0. The average Bonchev–Trinajstić information content (AvgIpc) is 3.01. The maximum Gasteiger partial charge on any atom is 0.240 e. The number of nitrogens with zero attached hydrogens (tertiary/aromatic N) is 1. The van der Waals surface area contributed by atoms with E-state index in [-0.39, 0.29) is 30.3 Å². The van der Waals surface area contributed by atoms with Crippen molar-refractivity contribution in [3.05, 3.63) is 29.8 Å². The van der Waals surface area contributed by atoms with Crippen molar-refractivity contribution in [1.29, 1.82) is 0 Å². The van der Waals surface area contributed by atoms with Crippen LogP contribution in [-0.2, 0) is 21.4 Å². The molecule has 1 saturated heterocycles. The molecule has 1 aliphatic rings. The molecule has 1 aromatic carbocycles. The number of benzene rings is 1. The fourth-order valence-corrected chi connectivity index (χ4v) is 3.71. The first-order chi connectivity index (χ1) is 10.0. The van der Waals surface area contributed by atoms with Crippen LogP contribution in [0, 0.1) is 0 Å². The van der Waals surface area contributed by atoms with E-state index in [0.717, 1.165) is 25.9 Å². The number of hydrogen-bond donors (Lipinski definition) is 2. The molecule has 0 saturated carbocycles. The molecule has 0 aromatic heterocycles. The maximum atomic E-state index is 12.2. The van der Waals surface area contributed by atoms with E-state index in [1.54, 1.807) is 23.1 Å². The molecule has 0 bridgehead atoms. The molecule has 0 spiro atoms. The van der Waals surface area contributed by atoms with E-state index < -0.39 is 10.0 Å². The second-order valence-electron chi connectivity index (χ2n) is 5.05. The summed E-state index contributed by atoms with van der Waals surface area (Å²) in [6.07, 6.45) is 2.24. The van der Waals surface area contributed by atoms with E-state index in [4.69, 9.17) is 5.73 Å². The van der Waals surface area contributed by atoms with Crippen molar-refractivity contribution in [2.24, 2.45) is 5.73 Å². The molecule has 1 aliphatic heterocycles. The minimum atomic E-state index is -3.62. The Morgan fingerprint density at radius 2 is 1.90 bits per heavy atom. The fraction of sp³-hybridized carbons (Fsp3) is 0.500. The van der Waals surface area contributed by atoms with Gasteiger partial charge in [0.25, 0.3) is 0 Å². The van der Waals surface area contributed by atoms with Gasteiger partial charge in [0, 0.05) is 32.6 Å². The van der Waals surface area contributed by atoms with Gasteiger partial charge in [0.05, 0.1) is 4.90 Å². The van der Waals surface area contributed by atoms with Crippen molar-refractivity contribution in [2.75, 3.05) is 19.6 Å². The Kier molecular flexibility index (Phi) is 5.33. The lowest BCUT2D eigenvalue weighted by Crippen LogP contribution is -2.33. The van der Waals surface area contributed by atoms with Crippen molar-refractivity contribution in [3.63, 3.8) is 0 Å². The number of carbonyl (C=O) groups is 1. The molecular formula is C14H21N3O3S. The Hall–Kier alpha value is -1.44. The first-order valence-corrected chi connectivity index (χ1v) is 8.58. The second kappa shape index (κ2) is 7.02. The van der Waals surface area contributed by atoms with Gasteiger partial charge in [-0.25, -0.2) is 13.1 Å². The highest BCUT2D eigenvalue weighted by Crippen LogP contribution is 2.14. The lowest BCUT2D eigenvalue weighted by atomic mass is 10.2. The summed E-state index contributed by atoms with van der Waals surface area (Å²) in [6.45, 7) is 1.82. The van der Waals surface area contributed by atoms with Gasteiger partial charge in [-0.15, -0.1) is 0 Å². The molecular weight excluding hydrogens is 290 g/mol.